The quantitative estimate of drug-likeness (QED) is 0.913. The molecule has 0 radical (unpaired) electrons. The van der Waals surface area contributed by atoms with Crippen LogP contribution in [0.2, 0.25) is 0 Å². The van der Waals surface area contributed by atoms with Crippen LogP contribution in [0.4, 0.5) is 4.79 Å². The molecule has 0 spiro atoms. The third-order valence-corrected chi connectivity index (χ3v) is 5.75. The summed E-state index contributed by atoms with van der Waals surface area (Å²) >= 11 is 0. The van der Waals surface area contributed by atoms with Gasteiger partial charge in [0.05, 0.1) is 18.6 Å². The van der Waals surface area contributed by atoms with E-state index in [4.69, 9.17) is 9.84 Å². The summed E-state index contributed by atoms with van der Waals surface area (Å²) < 4.78 is 5.31. The van der Waals surface area contributed by atoms with E-state index >= 15 is 0 Å². The lowest BCUT2D eigenvalue weighted by atomic mass is 9.69. The van der Waals surface area contributed by atoms with Gasteiger partial charge in [-0.3, -0.25) is 4.90 Å². The van der Waals surface area contributed by atoms with E-state index in [0.29, 0.717) is 19.1 Å². The second-order valence-electron chi connectivity index (χ2n) is 6.96. The zero-order chi connectivity index (χ0) is 17.9. The molecule has 1 amide bonds. The average molecular weight is 343 g/mol. The van der Waals surface area contributed by atoms with Gasteiger partial charge in [-0.15, -0.1) is 0 Å². The number of hydrogen-bond acceptors (Lipinski definition) is 4. The van der Waals surface area contributed by atoms with Crippen molar-refractivity contribution in [3.05, 3.63) is 29.8 Å². The lowest BCUT2D eigenvalue weighted by molar-refractivity contribution is 0.0672. The Morgan fingerprint density at radius 2 is 1.96 bits per heavy atom. The molecule has 1 saturated heterocycles. The van der Waals surface area contributed by atoms with Gasteiger partial charge in [-0.1, -0.05) is 12.1 Å². The molecule has 0 atom stereocenters. The predicted octanol–water partition coefficient (Wildman–Crippen LogP) is 2.69. The normalized spacial score (nSPS) is 27.5. The minimum absolute atomic E-state index is 0.437. The number of ether oxygens (including phenoxy) is 1. The molecule has 1 heterocycles. The second-order valence-corrected chi connectivity index (χ2v) is 6.96. The number of carbonyl (C=O) groups is 1. The molecule has 1 aliphatic carbocycles. The van der Waals surface area contributed by atoms with Crippen LogP contribution in [0.5, 0.6) is 5.75 Å². The van der Waals surface area contributed by atoms with Crippen molar-refractivity contribution in [1.29, 1.82) is 5.26 Å². The summed E-state index contributed by atoms with van der Waals surface area (Å²) in [7, 11) is 1.64. The summed E-state index contributed by atoms with van der Waals surface area (Å²) in [4.78, 5) is 14.9. The molecule has 2 fully saturated rings. The van der Waals surface area contributed by atoms with Crippen LogP contribution < -0.4 is 4.74 Å². The summed E-state index contributed by atoms with van der Waals surface area (Å²) in [5, 5.41) is 18.9. The van der Waals surface area contributed by atoms with E-state index in [1.807, 2.05) is 24.3 Å². The van der Waals surface area contributed by atoms with Crippen LogP contribution in [-0.2, 0) is 5.41 Å². The van der Waals surface area contributed by atoms with E-state index in [-0.39, 0.29) is 0 Å². The lowest BCUT2D eigenvalue weighted by Gasteiger charge is -2.43. The first-order chi connectivity index (χ1) is 12.1. The fourth-order valence-electron chi connectivity index (χ4n) is 4.12. The molecule has 3 rings (SSSR count). The standard InChI is InChI=1S/C19H25N3O3/c1-25-17-4-2-3-15(13-17)19(14-20)7-5-16(6-8-19)21-9-11-22(12-10-21)18(23)24/h2-4,13,16H,5-12H2,1H3,(H,23,24). The lowest BCUT2D eigenvalue weighted by Crippen LogP contribution is -2.53. The van der Waals surface area contributed by atoms with Crippen molar-refractivity contribution < 1.29 is 14.6 Å². The maximum Gasteiger partial charge on any atom is 0.407 e. The molecular formula is C19H25N3O3. The van der Waals surface area contributed by atoms with Crippen molar-refractivity contribution in [2.45, 2.75) is 37.1 Å². The van der Waals surface area contributed by atoms with Crippen molar-refractivity contribution in [3.63, 3.8) is 0 Å². The van der Waals surface area contributed by atoms with E-state index in [1.54, 1.807) is 7.11 Å². The molecule has 6 nitrogen and oxygen atoms in total. The molecule has 1 aromatic rings. The summed E-state index contributed by atoms with van der Waals surface area (Å²) in [6, 6.07) is 10.9. The average Bonchev–Trinajstić information content (AvgIpc) is 2.68. The Morgan fingerprint density at radius 3 is 2.52 bits per heavy atom. The minimum atomic E-state index is -0.829. The fraction of sp³-hybridized carbons (Fsp3) is 0.579. The van der Waals surface area contributed by atoms with Crippen LogP contribution in [0.15, 0.2) is 24.3 Å². The molecule has 1 N–H and O–H groups in total. The van der Waals surface area contributed by atoms with Crippen molar-refractivity contribution in [2.75, 3.05) is 33.3 Å². The Hall–Kier alpha value is -2.26. The van der Waals surface area contributed by atoms with Crippen molar-refractivity contribution in [3.8, 4) is 11.8 Å². The van der Waals surface area contributed by atoms with Crippen LogP contribution in [0.25, 0.3) is 0 Å². The molecule has 1 saturated carbocycles. The number of benzene rings is 1. The zero-order valence-corrected chi connectivity index (χ0v) is 14.6. The highest BCUT2D eigenvalue weighted by Crippen LogP contribution is 2.41. The Morgan fingerprint density at radius 1 is 1.28 bits per heavy atom. The Balaban J connectivity index is 1.64. The van der Waals surface area contributed by atoms with Gasteiger partial charge in [0.15, 0.2) is 0 Å². The molecule has 2 aliphatic rings. The van der Waals surface area contributed by atoms with E-state index in [2.05, 4.69) is 11.0 Å². The van der Waals surface area contributed by atoms with Gasteiger partial charge in [0, 0.05) is 32.2 Å². The van der Waals surface area contributed by atoms with Crippen LogP contribution in [0.3, 0.4) is 0 Å². The predicted molar refractivity (Wildman–Crippen MR) is 93.7 cm³/mol. The van der Waals surface area contributed by atoms with E-state index in [9.17, 15) is 10.1 Å². The topological polar surface area (TPSA) is 76.8 Å². The van der Waals surface area contributed by atoms with Gasteiger partial charge in [-0.2, -0.15) is 5.26 Å². The van der Waals surface area contributed by atoms with Crippen molar-refractivity contribution >= 4 is 6.09 Å². The zero-order valence-electron chi connectivity index (χ0n) is 14.6. The number of nitrogens with zero attached hydrogens (tertiary/aromatic N) is 3. The van der Waals surface area contributed by atoms with E-state index in [0.717, 1.165) is 50.1 Å². The van der Waals surface area contributed by atoms with Crippen molar-refractivity contribution in [2.24, 2.45) is 0 Å². The fourth-order valence-corrected chi connectivity index (χ4v) is 4.12. The molecule has 134 valence electrons. The highest BCUT2D eigenvalue weighted by atomic mass is 16.5. The summed E-state index contributed by atoms with van der Waals surface area (Å²) in [5.74, 6) is 0.791. The first-order valence-corrected chi connectivity index (χ1v) is 8.86. The van der Waals surface area contributed by atoms with Gasteiger partial charge in [0.1, 0.15) is 5.75 Å². The molecule has 0 unspecified atom stereocenters. The monoisotopic (exact) mass is 343 g/mol. The molecule has 0 aromatic heterocycles. The molecule has 0 bridgehead atoms. The van der Waals surface area contributed by atoms with Gasteiger partial charge >= 0.3 is 6.09 Å². The van der Waals surface area contributed by atoms with Crippen LogP contribution in [-0.4, -0.2) is 60.3 Å². The van der Waals surface area contributed by atoms with E-state index in [1.165, 1.54) is 4.90 Å². The smallest absolute Gasteiger partial charge is 0.407 e. The first-order valence-electron chi connectivity index (χ1n) is 8.86. The maximum atomic E-state index is 11.0. The summed E-state index contributed by atoms with van der Waals surface area (Å²) in [6.45, 7) is 2.72. The molecule has 1 aromatic carbocycles. The summed E-state index contributed by atoms with van der Waals surface area (Å²) in [6.07, 6.45) is 2.78. The van der Waals surface area contributed by atoms with Gasteiger partial charge in [0.2, 0.25) is 0 Å². The molecule has 25 heavy (non-hydrogen) atoms. The number of methoxy groups -OCH3 is 1. The Labute approximate surface area is 148 Å². The van der Waals surface area contributed by atoms with Crippen LogP contribution >= 0.6 is 0 Å². The number of carboxylic acid groups (broad SMARTS) is 1. The third kappa shape index (κ3) is 3.57. The molecule has 6 heteroatoms. The van der Waals surface area contributed by atoms with E-state index < -0.39 is 11.5 Å². The number of amides is 1. The van der Waals surface area contributed by atoms with Gasteiger partial charge in [-0.05, 0) is 43.4 Å². The summed E-state index contributed by atoms with van der Waals surface area (Å²) in [5.41, 5.74) is 0.608. The number of nitriles is 1. The first kappa shape index (κ1) is 17.6. The van der Waals surface area contributed by atoms with Crippen LogP contribution in [0, 0.1) is 11.3 Å². The second kappa shape index (κ2) is 7.32. The van der Waals surface area contributed by atoms with Crippen LogP contribution in [0.1, 0.15) is 31.2 Å². The van der Waals surface area contributed by atoms with Crippen molar-refractivity contribution in [1.82, 2.24) is 9.80 Å². The maximum absolute atomic E-state index is 11.0. The van der Waals surface area contributed by atoms with Gasteiger partial charge in [-0.25, -0.2) is 4.79 Å². The van der Waals surface area contributed by atoms with Gasteiger partial charge in [0.25, 0.3) is 0 Å². The Kier molecular flexibility index (Phi) is 5.14. The highest BCUT2D eigenvalue weighted by Gasteiger charge is 2.39. The Bertz CT molecular complexity index is 654. The highest BCUT2D eigenvalue weighted by molar-refractivity contribution is 5.65. The largest absolute Gasteiger partial charge is 0.497 e. The SMILES string of the molecule is COc1cccc(C2(C#N)CCC(N3CCN(C(=O)O)CC3)CC2)c1. The van der Waals surface area contributed by atoms with Gasteiger partial charge < -0.3 is 14.7 Å². The number of hydrogen-bond donors (Lipinski definition) is 1. The third-order valence-electron chi connectivity index (χ3n) is 5.75. The molecule has 1 aliphatic heterocycles. The number of piperazine rings is 1. The molecular weight excluding hydrogens is 318 g/mol. The minimum Gasteiger partial charge on any atom is -0.497 e. The number of rotatable bonds is 3.